The van der Waals surface area contributed by atoms with E-state index in [2.05, 4.69) is 27.9 Å². The van der Waals surface area contributed by atoms with Gasteiger partial charge in [-0.05, 0) is 62.9 Å². The molecule has 3 N–H and O–H groups in total. The first-order chi connectivity index (χ1) is 17.3. The fraction of sp³-hybridized carbons (Fsp3) is 0.423. The van der Waals surface area contributed by atoms with E-state index in [0.717, 1.165) is 22.2 Å². The Hall–Kier alpha value is -1.93. The summed E-state index contributed by atoms with van der Waals surface area (Å²) in [5, 5.41) is 12.6. The van der Waals surface area contributed by atoms with E-state index < -0.39 is 47.6 Å². The average Bonchev–Trinajstić information content (AvgIpc) is 3.20. The number of phenols is 1. The summed E-state index contributed by atoms with van der Waals surface area (Å²) in [5.41, 5.74) is 0.237. The van der Waals surface area contributed by atoms with Gasteiger partial charge in [-0.25, -0.2) is 4.79 Å². The monoisotopic (exact) mass is 718 g/mol. The third kappa shape index (κ3) is 4.95. The molecule has 0 amide bonds. The molecule has 8 nitrogen and oxygen atoms in total. The summed E-state index contributed by atoms with van der Waals surface area (Å²) in [4.78, 5) is 39.2. The number of hydrogen-bond acceptors (Lipinski definition) is 7. The molecule has 2 aliphatic heterocycles. The van der Waals surface area contributed by atoms with Crippen LogP contribution in [0.25, 0.3) is 0 Å². The third-order valence-corrected chi connectivity index (χ3v) is 8.80. The van der Waals surface area contributed by atoms with E-state index in [1.165, 1.54) is 0 Å². The Morgan fingerprint density at radius 2 is 1.81 bits per heavy atom. The minimum absolute atomic E-state index is 0.0401. The Balaban J connectivity index is 1.37. The van der Waals surface area contributed by atoms with Crippen LogP contribution in [0.15, 0.2) is 42.5 Å². The maximum Gasteiger partial charge on any atom is 0.342 e. The molecule has 36 heavy (non-hydrogen) atoms. The van der Waals surface area contributed by atoms with Crippen LogP contribution in [0.1, 0.15) is 41.6 Å². The molecule has 5 rings (SSSR count). The number of esters is 3. The minimum atomic E-state index is -0.806. The number of carbonyl (C=O) groups is 3. The predicted octanol–water partition coefficient (Wildman–Crippen LogP) is 2.87. The molecule has 4 atom stereocenters. The second-order valence-electron chi connectivity index (χ2n) is 9.53. The number of hydrogen-bond donors (Lipinski definition) is 2. The van der Waals surface area contributed by atoms with Gasteiger partial charge in [0.05, 0.1) is 28.5 Å². The van der Waals surface area contributed by atoms with Crippen LogP contribution in [0.2, 0.25) is 0 Å². The number of phenolic OH excluding ortho intramolecular Hbond substituents is 1. The van der Waals surface area contributed by atoms with Crippen molar-refractivity contribution in [2.45, 2.75) is 43.5 Å². The topological polar surface area (TPSA) is 116 Å². The van der Waals surface area contributed by atoms with Gasteiger partial charge in [0.2, 0.25) is 0 Å². The number of benzene rings is 2. The first kappa shape index (κ1) is 25.7. The summed E-state index contributed by atoms with van der Waals surface area (Å²) in [6.45, 7) is 1.66. The largest absolute Gasteiger partial charge is 0.506 e. The summed E-state index contributed by atoms with van der Waals surface area (Å²) in [7, 11) is 0. The highest BCUT2D eigenvalue weighted by Crippen LogP contribution is 2.43. The van der Waals surface area contributed by atoms with Crippen LogP contribution in [-0.4, -0.2) is 48.3 Å². The number of piperidine rings is 1. The quantitative estimate of drug-likeness (QED) is 0.278. The molecule has 2 aromatic rings. The maximum atomic E-state index is 13.6. The zero-order valence-electron chi connectivity index (χ0n) is 19.3. The van der Waals surface area contributed by atoms with Crippen LogP contribution in [-0.2, 0) is 29.4 Å². The minimum Gasteiger partial charge on any atom is -0.506 e. The summed E-state index contributed by atoms with van der Waals surface area (Å²) in [6.07, 6.45) is 0.349. The molecule has 2 heterocycles. The highest BCUT2D eigenvalue weighted by atomic mass is 127. The average molecular weight is 718 g/mol. The van der Waals surface area contributed by atoms with Gasteiger partial charge in [-0.1, -0.05) is 30.3 Å². The molecular formula is C26H26I2NO7+. The highest BCUT2D eigenvalue weighted by molar-refractivity contribution is 14.1. The van der Waals surface area contributed by atoms with Crippen LogP contribution in [0.4, 0.5) is 0 Å². The summed E-state index contributed by atoms with van der Waals surface area (Å²) in [5.74, 6) is -3.19. The normalized spacial score (nSPS) is 26.7. The fourth-order valence-corrected chi connectivity index (χ4v) is 7.31. The summed E-state index contributed by atoms with van der Waals surface area (Å²) >= 11 is 4.01. The van der Waals surface area contributed by atoms with Crippen molar-refractivity contribution in [2.24, 2.45) is 11.8 Å². The smallest absolute Gasteiger partial charge is 0.342 e. The molecule has 0 aromatic heterocycles. The molecule has 2 aromatic carbocycles. The van der Waals surface area contributed by atoms with Crippen LogP contribution in [0.5, 0.6) is 5.75 Å². The van der Waals surface area contributed by atoms with Crippen LogP contribution < -0.4 is 5.32 Å². The number of ether oxygens (including phenoxy) is 3. The van der Waals surface area contributed by atoms with E-state index >= 15 is 0 Å². The van der Waals surface area contributed by atoms with Gasteiger partial charge in [0, 0.05) is 29.3 Å². The van der Waals surface area contributed by atoms with Crippen LogP contribution in [0, 0.1) is 19.0 Å². The Morgan fingerprint density at radius 1 is 1.08 bits per heavy atom. The van der Waals surface area contributed by atoms with Crippen molar-refractivity contribution in [1.82, 2.24) is 0 Å². The lowest BCUT2D eigenvalue weighted by Gasteiger charge is -2.38. The third-order valence-electron chi connectivity index (χ3n) is 7.35. The van der Waals surface area contributed by atoms with Gasteiger partial charge in [0.1, 0.15) is 29.1 Å². The number of halogens is 2. The maximum absolute atomic E-state index is 13.6. The number of rotatable bonds is 5. The Kier molecular flexibility index (Phi) is 7.46. The van der Waals surface area contributed by atoms with Gasteiger partial charge in [0.15, 0.2) is 0 Å². The lowest BCUT2D eigenvalue weighted by atomic mass is 9.78. The number of fused-ring (bicyclic) bond motifs is 2. The molecular weight excluding hydrogens is 692 g/mol. The number of aromatic hydroxyl groups is 1. The molecule has 0 radical (unpaired) electrons. The van der Waals surface area contributed by atoms with Gasteiger partial charge in [-0.15, -0.1) is 0 Å². The van der Waals surface area contributed by atoms with E-state index in [4.69, 9.17) is 14.2 Å². The van der Waals surface area contributed by atoms with Crippen molar-refractivity contribution < 1.29 is 39.0 Å². The number of quaternary nitrogens is 1. The predicted molar refractivity (Wildman–Crippen MR) is 144 cm³/mol. The molecule has 190 valence electrons. The molecule has 4 unspecified atom stereocenters. The molecule has 2 bridgehead atoms. The molecule has 0 spiro atoms. The van der Waals surface area contributed by atoms with Crippen molar-refractivity contribution in [1.29, 1.82) is 0 Å². The van der Waals surface area contributed by atoms with Crippen molar-refractivity contribution in [3.63, 3.8) is 0 Å². The van der Waals surface area contributed by atoms with Gasteiger partial charge in [-0.3, -0.25) is 9.59 Å². The lowest BCUT2D eigenvalue weighted by molar-refractivity contribution is -0.668. The van der Waals surface area contributed by atoms with E-state index in [9.17, 15) is 19.5 Å². The number of carbonyl (C=O) groups excluding carboxylic acids is 3. The Bertz CT molecular complexity index is 1180. The SMILES string of the molecule is O=C(OC1CC(C(=O)OC2(c3ccccc3)CC[NH2+]CC2)C2CC1OC2=O)c1cc(I)cc(I)c1O. The Morgan fingerprint density at radius 3 is 2.53 bits per heavy atom. The van der Waals surface area contributed by atoms with Crippen LogP contribution in [0.3, 0.4) is 0 Å². The van der Waals surface area contributed by atoms with Gasteiger partial charge < -0.3 is 24.6 Å². The molecule has 1 saturated carbocycles. The number of nitrogens with two attached hydrogens (primary N) is 1. The molecule has 10 heteroatoms. The summed E-state index contributed by atoms with van der Waals surface area (Å²) < 4.78 is 18.8. The zero-order chi connectivity index (χ0) is 25.4. The van der Waals surface area contributed by atoms with E-state index in [1.807, 2.05) is 52.9 Å². The van der Waals surface area contributed by atoms with E-state index in [1.54, 1.807) is 12.1 Å². The van der Waals surface area contributed by atoms with E-state index in [-0.39, 0.29) is 17.7 Å². The van der Waals surface area contributed by atoms with Crippen molar-refractivity contribution in [2.75, 3.05) is 13.1 Å². The van der Waals surface area contributed by atoms with Crippen molar-refractivity contribution in [3.8, 4) is 5.75 Å². The first-order valence-electron chi connectivity index (χ1n) is 12.0. The molecule has 3 fully saturated rings. The van der Waals surface area contributed by atoms with Gasteiger partial charge in [-0.2, -0.15) is 0 Å². The molecule has 1 aliphatic carbocycles. The van der Waals surface area contributed by atoms with E-state index in [0.29, 0.717) is 22.8 Å². The van der Waals surface area contributed by atoms with Gasteiger partial charge >= 0.3 is 17.9 Å². The molecule has 3 aliphatic rings. The second kappa shape index (κ2) is 10.4. The van der Waals surface area contributed by atoms with Crippen LogP contribution >= 0.6 is 45.2 Å². The van der Waals surface area contributed by atoms with Crippen molar-refractivity contribution >= 4 is 63.1 Å². The highest BCUT2D eigenvalue weighted by Gasteiger charge is 2.54. The fourth-order valence-electron chi connectivity index (χ4n) is 5.46. The summed E-state index contributed by atoms with van der Waals surface area (Å²) in [6, 6.07) is 13.0. The standard InChI is InChI=1S/C26H25I2NO7/c27-15-10-18(22(30)19(28)11-15)24(32)35-21-13-17(16-12-20(21)34-23(16)31)25(33)36-26(6-8-29-9-7-26)14-4-2-1-3-5-14/h1-5,10-11,16-17,20-21,29-30H,6-9,12-13H2/p+1. The first-order valence-corrected chi connectivity index (χ1v) is 14.1. The zero-order valence-corrected chi connectivity index (χ0v) is 23.6. The Labute approximate surface area is 235 Å². The van der Waals surface area contributed by atoms with Gasteiger partial charge in [0.25, 0.3) is 0 Å². The van der Waals surface area contributed by atoms with Crippen molar-refractivity contribution in [3.05, 3.63) is 60.7 Å². The second-order valence-corrected chi connectivity index (χ2v) is 11.9. The lowest BCUT2D eigenvalue weighted by Crippen LogP contribution is -2.87. The molecule has 2 saturated heterocycles.